The molecule has 0 bridgehead atoms. The Labute approximate surface area is 106 Å². The largest absolute Gasteiger partial charge is 0.478 e. The summed E-state index contributed by atoms with van der Waals surface area (Å²) >= 11 is 6.99. The van der Waals surface area contributed by atoms with Crippen LogP contribution >= 0.6 is 22.9 Å². The van der Waals surface area contributed by atoms with Gasteiger partial charge in [0.1, 0.15) is 17.1 Å². The molecule has 2 rings (SSSR count). The van der Waals surface area contributed by atoms with Crippen LogP contribution in [0.25, 0.3) is 0 Å². The number of aliphatic hydroxyl groups is 1. The van der Waals surface area contributed by atoms with Crippen LogP contribution in [0.3, 0.4) is 0 Å². The molecule has 2 N–H and O–H groups in total. The normalized spacial score (nSPS) is 12.6. The van der Waals surface area contributed by atoms with Gasteiger partial charge in [-0.2, -0.15) is 0 Å². The van der Waals surface area contributed by atoms with Gasteiger partial charge in [-0.15, -0.1) is 11.3 Å². The molecule has 7 heteroatoms. The maximum absolute atomic E-state index is 11.0. The predicted molar refractivity (Wildman–Crippen MR) is 63.6 cm³/mol. The Hall–Kier alpha value is -1.37. The molecule has 0 fully saturated rings. The maximum Gasteiger partial charge on any atom is 0.336 e. The minimum absolute atomic E-state index is 0.0848. The SMILES string of the molecule is Cn1c(Cl)cnc1C(O)c1sccc1C(=O)O. The minimum Gasteiger partial charge on any atom is -0.478 e. The third-order valence-corrected chi connectivity index (χ3v) is 3.71. The molecule has 17 heavy (non-hydrogen) atoms. The van der Waals surface area contributed by atoms with Crippen molar-refractivity contribution < 1.29 is 15.0 Å². The van der Waals surface area contributed by atoms with E-state index >= 15 is 0 Å². The van der Waals surface area contributed by atoms with E-state index in [2.05, 4.69) is 4.98 Å². The summed E-state index contributed by atoms with van der Waals surface area (Å²) in [6.45, 7) is 0. The summed E-state index contributed by atoms with van der Waals surface area (Å²) in [7, 11) is 1.65. The van der Waals surface area contributed by atoms with Gasteiger partial charge in [0.2, 0.25) is 0 Å². The average Bonchev–Trinajstić information content (AvgIpc) is 2.87. The molecule has 0 saturated heterocycles. The van der Waals surface area contributed by atoms with Crippen LogP contribution in [0.15, 0.2) is 17.6 Å². The molecule has 1 atom stereocenters. The summed E-state index contributed by atoms with van der Waals surface area (Å²) in [5.41, 5.74) is 0.0848. The number of thiophene rings is 1. The summed E-state index contributed by atoms with van der Waals surface area (Å²) in [6.07, 6.45) is 0.326. The highest BCUT2D eigenvalue weighted by Crippen LogP contribution is 2.29. The van der Waals surface area contributed by atoms with E-state index < -0.39 is 12.1 Å². The Kier molecular flexibility index (Phi) is 3.19. The van der Waals surface area contributed by atoms with Gasteiger partial charge < -0.3 is 14.8 Å². The lowest BCUT2D eigenvalue weighted by Gasteiger charge is -2.10. The van der Waals surface area contributed by atoms with E-state index in [9.17, 15) is 9.90 Å². The summed E-state index contributed by atoms with van der Waals surface area (Å²) in [5.74, 6) is -0.749. The van der Waals surface area contributed by atoms with Gasteiger partial charge in [-0.25, -0.2) is 9.78 Å². The second kappa shape index (κ2) is 4.48. The van der Waals surface area contributed by atoms with E-state index in [0.717, 1.165) is 0 Å². The quantitative estimate of drug-likeness (QED) is 0.895. The van der Waals surface area contributed by atoms with Crippen LogP contribution in [0.2, 0.25) is 5.15 Å². The molecule has 0 aliphatic carbocycles. The lowest BCUT2D eigenvalue weighted by atomic mass is 10.2. The standard InChI is InChI=1S/C10H9ClN2O3S/c1-13-6(11)4-12-9(13)7(14)8-5(10(15)16)2-3-17-8/h2-4,7,14H,1H3,(H,15,16). The summed E-state index contributed by atoms with van der Waals surface area (Å²) in [6, 6.07) is 1.45. The number of aromatic nitrogens is 2. The van der Waals surface area contributed by atoms with Crippen LogP contribution < -0.4 is 0 Å². The van der Waals surface area contributed by atoms with Gasteiger partial charge in [-0.1, -0.05) is 11.6 Å². The van der Waals surface area contributed by atoms with Crippen molar-refractivity contribution in [2.24, 2.45) is 7.05 Å². The van der Waals surface area contributed by atoms with Crippen molar-refractivity contribution in [1.82, 2.24) is 9.55 Å². The molecule has 90 valence electrons. The molecular weight excluding hydrogens is 264 g/mol. The first-order chi connectivity index (χ1) is 8.02. The van der Waals surface area contributed by atoms with Gasteiger partial charge in [0, 0.05) is 7.05 Å². The Morgan fingerprint density at radius 1 is 1.65 bits per heavy atom. The molecular formula is C10H9ClN2O3S. The van der Waals surface area contributed by atoms with E-state index in [1.807, 2.05) is 0 Å². The zero-order chi connectivity index (χ0) is 12.6. The maximum atomic E-state index is 11.0. The van der Waals surface area contributed by atoms with Crippen molar-refractivity contribution in [2.75, 3.05) is 0 Å². The zero-order valence-electron chi connectivity index (χ0n) is 8.79. The average molecular weight is 273 g/mol. The number of carbonyl (C=O) groups is 1. The molecule has 0 aliphatic heterocycles. The summed E-state index contributed by atoms with van der Waals surface area (Å²) < 4.78 is 1.51. The molecule has 0 amide bonds. The number of aliphatic hydroxyl groups excluding tert-OH is 1. The van der Waals surface area contributed by atoms with Crippen molar-refractivity contribution in [2.45, 2.75) is 6.10 Å². The number of rotatable bonds is 3. The van der Waals surface area contributed by atoms with Gasteiger partial charge >= 0.3 is 5.97 Å². The molecule has 2 aromatic heterocycles. The van der Waals surface area contributed by atoms with Crippen molar-refractivity contribution in [3.05, 3.63) is 39.1 Å². The highest BCUT2D eigenvalue weighted by molar-refractivity contribution is 7.10. The van der Waals surface area contributed by atoms with Crippen LogP contribution in [0.1, 0.15) is 27.2 Å². The second-order valence-corrected chi connectivity index (χ2v) is 4.74. The number of halogens is 1. The number of imidazole rings is 1. The summed E-state index contributed by atoms with van der Waals surface area (Å²) in [4.78, 5) is 15.3. The monoisotopic (exact) mass is 272 g/mol. The van der Waals surface area contributed by atoms with Crippen LogP contribution in [-0.4, -0.2) is 25.7 Å². The second-order valence-electron chi connectivity index (χ2n) is 3.40. The van der Waals surface area contributed by atoms with E-state index in [1.54, 1.807) is 12.4 Å². The fourth-order valence-electron chi connectivity index (χ4n) is 1.48. The fourth-order valence-corrected chi connectivity index (χ4v) is 2.49. The van der Waals surface area contributed by atoms with Gasteiger partial charge in [0.05, 0.1) is 16.6 Å². The number of nitrogens with zero attached hydrogens (tertiary/aromatic N) is 2. The van der Waals surface area contributed by atoms with E-state index in [-0.39, 0.29) is 5.56 Å². The molecule has 1 unspecified atom stereocenters. The Morgan fingerprint density at radius 2 is 2.35 bits per heavy atom. The van der Waals surface area contributed by atoms with Crippen molar-refractivity contribution in [3.63, 3.8) is 0 Å². The number of carboxylic acid groups (broad SMARTS) is 1. The van der Waals surface area contributed by atoms with E-state index in [1.165, 1.54) is 28.2 Å². The summed E-state index contributed by atoms with van der Waals surface area (Å²) in [5, 5.41) is 21.1. The smallest absolute Gasteiger partial charge is 0.336 e. The first-order valence-corrected chi connectivity index (χ1v) is 5.94. The molecule has 2 aromatic rings. The van der Waals surface area contributed by atoms with Crippen LogP contribution in [0.5, 0.6) is 0 Å². The van der Waals surface area contributed by atoms with Gasteiger partial charge in [-0.3, -0.25) is 0 Å². The lowest BCUT2D eigenvalue weighted by molar-refractivity contribution is 0.0692. The number of hydrogen-bond acceptors (Lipinski definition) is 4. The van der Waals surface area contributed by atoms with Crippen molar-refractivity contribution >= 4 is 28.9 Å². The van der Waals surface area contributed by atoms with Crippen molar-refractivity contribution in [3.8, 4) is 0 Å². The van der Waals surface area contributed by atoms with E-state index in [0.29, 0.717) is 15.9 Å². The van der Waals surface area contributed by atoms with Gasteiger partial charge in [0.15, 0.2) is 0 Å². The molecule has 0 saturated carbocycles. The highest BCUT2D eigenvalue weighted by atomic mass is 35.5. The molecule has 5 nitrogen and oxygen atoms in total. The van der Waals surface area contributed by atoms with Gasteiger partial charge in [-0.05, 0) is 11.4 Å². The molecule has 0 spiro atoms. The molecule has 2 heterocycles. The van der Waals surface area contributed by atoms with Crippen LogP contribution in [0, 0.1) is 0 Å². The predicted octanol–water partition coefficient (Wildman–Crippen LogP) is 1.91. The van der Waals surface area contributed by atoms with Crippen molar-refractivity contribution in [1.29, 1.82) is 0 Å². The minimum atomic E-state index is -1.08. The molecule has 0 aromatic carbocycles. The first-order valence-electron chi connectivity index (χ1n) is 4.68. The number of aromatic carboxylic acids is 1. The lowest BCUT2D eigenvalue weighted by Crippen LogP contribution is -2.09. The topological polar surface area (TPSA) is 75.3 Å². The van der Waals surface area contributed by atoms with Crippen LogP contribution in [-0.2, 0) is 7.05 Å². The van der Waals surface area contributed by atoms with E-state index in [4.69, 9.17) is 16.7 Å². The zero-order valence-corrected chi connectivity index (χ0v) is 10.4. The van der Waals surface area contributed by atoms with Gasteiger partial charge in [0.25, 0.3) is 0 Å². The van der Waals surface area contributed by atoms with Crippen LogP contribution in [0.4, 0.5) is 0 Å². The Balaban J connectivity index is 2.44. The third-order valence-electron chi connectivity index (χ3n) is 2.39. The fraction of sp³-hybridized carbons (Fsp3) is 0.200. The third kappa shape index (κ3) is 2.06. The number of hydrogen-bond donors (Lipinski definition) is 2. The number of carboxylic acids is 1. The molecule has 0 aliphatic rings. The Bertz CT molecular complexity index is 564. The highest BCUT2D eigenvalue weighted by Gasteiger charge is 2.23. The first kappa shape index (κ1) is 12.1. The Morgan fingerprint density at radius 3 is 2.88 bits per heavy atom. The molecule has 0 radical (unpaired) electrons.